The molecule has 0 bridgehead atoms. The van der Waals surface area contributed by atoms with E-state index in [1.54, 1.807) is 49.4 Å². The second kappa shape index (κ2) is 26.5. The van der Waals surface area contributed by atoms with E-state index in [4.69, 9.17) is 50.1 Å². The summed E-state index contributed by atoms with van der Waals surface area (Å²) in [7, 11) is 1.44. The number of methoxy groups -OCH3 is 1. The standard InChI is InChI=1S/C53H64N16O12S/c1-6-67-39(24-31(3)61-67)49(72)59-51-57-36-26-34(47(55)70)29-43(78-5)45(36)65(51)17-8-9-18-66-46-37(58-52(66)60-50(73)40-25-32(4)62-68(40)7-2)27-35(48(56)71)30-44(46)79-23-11-16-63-19-21-64(22-20-63)53(74)80-41(12-10-15-54)33-13-14-42(81-82-77)38(28-33)69(75)76/h8-9,13-14,24-30,41,77H,6-7,10-12,15-23,54H2,1-5H3,(H2,55,70)(H2,56,71)(H,57,59,72)(H,58,60,73)/b9-8+. The van der Waals surface area contributed by atoms with Crippen LogP contribution in [0.3, 0.4) is 0 Å². The number of nitro benzene ring substituents is 1. The maximum atomic E-state index is 14.0. The van der Waals surface area contributed by atoms with Crippen molar-refractivity contribution in [2.24, 2.45) is 17.2 Å². The normalized spacial score (nSPS) is 13.2. The number of amides is 5. The molecule has 5 heterocycles. The second-order valence-electron chi connectivity index (χ2n) is 19.0. The van der Waals surface area contributed by atoms with Gasteiger partial charge in [0.1, 0.15) is 40.0 Å². The van der Waals surface area contributed by atoms with Gasteiger partial charge in [0.2, 0.25) is 41.8 Å². The number of piperazine rings is 1. The molecular formula is C53H64N16O12S. The van der Waals surface area contributed by atoms with E-state index in [1.807, 2.05) is 26.0 Å². The van der Waals surface area contributed by atoms with E-state index in [0.717, 1.165) is 0 Å². The number of nitrogens with two attached hydrogens (primary N) is 3. The van der Waals surface area contributed by atoms with E-state index in [9.17, 15) is 34.1 Å². The summed E-state index contributed by atoms with van der Waals surface area (Å²) < 4.78 is 38.7. The molecule has 82 heavy (non-hydrogen) atoms. The lowest BCUT2D eigenvalue weighted by atomic mass is 10.0. The number of nitro groups is 1. The number of rotatable bonds is 26. The molecule has 8 rings (SSSR count). The van der Waals surface area contributed by atoms with Gasteiger partial charge < -0.3 is 49.6 Å². The molecule has 1 fully saturated rings. The van der Waals surface area contributed by atoms with Crippen LogP contribution in [-0.2, 0) is 30.9 Å². The van der Waals surface area contributed by atoms with Gasteiger partial charge in [0.25, 0.3) is 11.8 Å². The molecule has 0 spiro atoms. The number of benzene rings is 3. The lowest BCUT2D eigenvalue weighted by molar-refractivity contribution is -0.385. The number of fused-ring (bicyclic) bond motifs is 2. The summed E-state index contributed by atoms with van der Waals surface area (Å²) in [5.74, 6) is -1.74. The van der Waals surface area contributed by atoms with Gasteiger partial charge in [-0.15, -0.1) is 0 Å². The molecule has 1 aliphatic rings. The Morgan fingerprint density at radius 2 is 1.33 bits per heavy atom. The Balaban J connectivity index is 1.02. The van der Waals surface area contributed by atoms with Crippen LogP contribution in [0.15, 0.2) is 66.7 Å². The number of hydrogen-bond acceptors (Lipinski definition) is 19. The maximum absolute atomic E-state index is 14.0. The molecule has 1 atom stereocenters. The Bertz CT molecular complexity index is 3560. The minimum atomic E-state index is -0.829. The third-order valence-electron chi connectivity index (χ3n) is 13.6. The Labute approximate surface area is 474 Å². The largest absolute Gasteiger partial charge is 0.494 e. The van der Waals surface area contributed by atoms with E-state index in [1.165, 1.54) is 49.6 Å². The highest BCUT2D eigenvalue weighted by Crippen LogP contribution is 2.36. The summed E-state index contributed by atoms with van der Waals surface area (Å²) in [6, 6.07) is 13.5. The first-order chi connectivity index (χ1) is 39.4. The van der Waals surface area contributed by atoms with Crippen molar-refractivity contribution in [1.29, 1.82) is 0 Å². The maximum Gasteiger partial charge on any atom is 0.410 e. The fourth-order valence-electron chi connectivity index (χ4n) is 9.59. The van der Waals surface area contributed by atoms with Gasteiger partial charge in [-0.1, -0.05) is 18.2 Å². The SMILES string of the molecule is CCn1nc(C)cc1C(=O)Nc1nc2cc(C(N)=O)cc(OC)c2n1C/C=C/Cn1c(NC(=O)c2cc(C)nn2CC)nc2cc(C(N)=O)cc(OCCCN3CCN(C(=O)OC(CCCN)c4ccc(OSO)c([N+](=O)[O-])c4)CC3)c21. The minimum Gasteiger partial charge on any atom is -0.494 e. The number of imidazole rings is 2. The first kappa shape index (κ1) is 59.1. The molecule has 5 amide bonds. The summed E-state index contributed by atoms with van der Waals surface area (Å²) in [5.41, 5.74) is 21.0. The van der Waals surface area contributed by atoms with Gasteiger partial charge >= 0.3 is 11.8 Å². The molecule has 0 radical (unpaired) electrons. The number of allylic oxidation sites excluding steroid dienone is 2. The number of primary amides is 2. The van der Waals surface area contributed by atoms with Crippen LogP contribution in [0, 0.1) is 24.0 Å². The van der Waals surface area contributed by atoms with Crippen molar-refractivity contribution in [2.75, 3.05) is 63.6 Å². The Kier molecular flexibility index (Phi) is 19.1. The molecule has 28 nitrogen and oxygen atoms in total. The lowest BCUT2D eigenvalue weighted by Crippen LogP contribution is -2.49. The van der Waals surface area contributed by atoms with E-state index in [0.29, 0.717) is 122 Å². The van der Waals surface area contributed by atoms with Crippen LogP contribution in [0.4, 0.5) is 22.4 Å². The van der Waals surface area contributed by atoms with Crippen molar-refractivity contribution in [3.8, 4) is 17.2 Å². The van der Waals surface area contributed by atoms with Crippen molar-refractivity contribution in [2.45, 2.75) is 79.2 Å². The summed E-state index contributed by atoms with van der Waals surface area (Å²) in [6.07, 6.45) is 3.53. The molecule has 1 saturated heterocycles. The minimum absolute atomic E-state index is 0.0199. The summed E-state index contributed by atoms with van der Waals surface area (Å²) in [6.45, 7) is 11.1. The Morgan fingerprint density at radius 3 is 1.83 bits per heavy atom. The van der Waals surface area contributed by atoms with Gasteiger partial charge in [-0.2, -0.15) is 10.2 Å². The third kappa shape index (κ3) is 13.4. The van der Waals surface area contributed by atoms with E-state index in [-0.39, 0.29) is 72.3 Å². The molecule has 0 saturated carbocycles. The van der Waals surface area contributed by atoms with Crippen LogP contribution in [0.2, 0.25) is 0 Å². The van der Waals surface area contributed by atoms with Gasteiger partial charge in [-0.25, -0.2) is 14.8 Å². The van der Waals surface area contributed by atoms with Crippen LogP contribution in [0.25, 0.3) is 22.1 Å². The number of nitrogens with one attached hydrogen (secondary N) is 2. The highest BCUT2D eigenvalue weighted by atomic mass is 32.2. The number of carbonyl (C=O) groups is 5. The fraction of sp³-hybridized carbons (Fsp3) is 0.377. The summed E-state index contributed by atoms with van der Waals surface area (Å²) >= 11 is -0.0199. The second-order valence-corrected chi connectivity index (χ2v) is 19.4. The van der Waals surface area contributed by atoms with Crippen LogP contribution in [0.5, 0.6) is 17.2 Å². The molecule has 1 aliphatic heterocycles. The average Bonchev–Trinajstić information content (AvgIpc) is 3.18. The topological polar surface area (TPSA) is 366 Å². The summed E-state index contributed by atoms with van der Waals surface area (Å²) in [4.78, 5) is 90.9. The highest BCUT2D eigenvalue weighted by Gasteiger charge is 2.29. The molecule has 3 aromatic carbocycles. The van der Waals surface area contributed by atoms with Crippen molar-refractivity contribution >= 4 is 81.7 Å². The number of nitrogens with zero attached hydrogens (tertiary/aromatic N) is 11. The quantitative estimate of drug-likeness (QED) is 0.0122. The molecule has 4 aromatic heterocycles. The summed E-state index contributed by atoms with van der Waals surface area (Å²) in [5, 5.41) is 26.5. The highest BCUT2D eigenvalue weighted by molar-refractivity contribution is 7.89. The number of ether oxygens (including phenoxy) is 3. The first-order valence-corrected chi connectivity index (χ1v) is 27.0. The molecule has 0 aliphatic carbocycles. The van der Waals surface area contributed by atoms with Crippen LogP contribution in [-0.4, -0.2) is 141 Å². The van der Waals surface area contributed by atoms with Crippen molar-refractivity contribution < 1.29 is 51.8 Å². The smallest absolute Gasteiger partial charge is 0.410 e. The number of hydrogen-bond donors (Lipinski definition) is 6. The molecule has 434 valence electrons. The van der Waals surface area contributed by atoms with Crippen LogP contribution >= 0.6 is 12.3 Å². The van der Waals surface area contributed by atoms with Gasteiger partial charge in [-0.05, 0) is 102 Å². The monoisotopic (exact) mass is 1150 g/mol. The first-order valence-electron chi connectivity index (χ1n) is 26.3. The Hall–Kier alpha value is -9.06. The zero-order chi connectivity index (χ0) is 58.8. The van der Waals surface area contributed by atoms with Crippen LogP contribution < -0.4 is 41.5 Å². The van der Waals surface area contributed by atoms with E-state index in [2.05, 4.69) is 25.7 Å². The molecule has 29 heteroatoms. The van der Waals surface area contributed by atoms with Crippen molar-refractivity contribution in [3.63, 3.8) is 0 Å². The molecular weight excluding hydrogens is 1080 g/mol. The number of anilines is 2. The number of aryl methyl sites for hydroxylation is 4. The Morgan fingerprint density at radius 1 is 0.780 bits per heavy atom. The lowest BCUT2D eigenvalue weighted by Gasteiger charge is -2.35. The van der Waals surface area contributed by atoms with E-state index >= 15 is 0 Å². The molecule has 7 aromatic rings. The van der Waals surface area contributed by atoms with Gasteiger partial charge in [0.15, 0.2) is 0 Å². The molecule has 1 unspecified atom stereocenters. The zero-order valence-corrected chi connectivity index (χ0v) is 46.6. The van der Waals surface area contributed by atoms with Gasteiger partial charge in [-0.3, -0.25) is 58.7 Å². The van der Waals surface area contributed by atoms with Gasteiger partial charge in [0.05, 0.1) is 41.1 Å². The zero-order valence-electron chi connectivity index (χ0n) is 45.8. The third-order valence-corrected chi connectivity index (χ3v) is 13.8. The van der Waals surface area contributed by atoms with E-state index < -0.39 is 46.4 Å². The average molecular weight is 1150 g/mol. The molecule has 9 N–H and O–H groups in total. The van der Waals surface area contributed by atoms with Crippen LogP contribution in [0.1, 0.15) is 97.9 Å². The van der Waals surface area contributed by atoms with Crippen molar-refractivity contribution in [1.82, 2.24) is 48.5 Å². The predicted molar refractivity (Wildman–Crippen MR) is 303 cm³/mol. The fourth-order valence-corrected chi connectivity index (χ4v) is 9.81. The number of carbonyl (C=O) groups excluding carboxylic acids is 5. The van der Waals surface area contributed by atoms with Crippen molar-refractivity contribution in [3.05, 3.63) is 116 Å². The van der Waals surface area contributed by atoms with Gasteiger partial charge in [0, 0.05) is 76.1 Å². The predicted octanol–water partition coefficient (Wildman–Crippen LogP) is 5.81. The number of aromatic nitrogens is 8.